The summed E-state index contributed by atoms with van der Waals surface area (Å²) >= 11 is 6.15. The Labute approximate surface area is 368 Å². The number of imide groups is 1. The van der Waals surface area contributed by atoms with Gasteiger partial charge in [-0.1, -0.05) is 35.9 Å². The molecule has 0 radical (unpaired) electrons. The monoisotopic (exact) mass is 872 g/mol. The number of para-hydroxylation sites is 1. The zero-order chi connectivity index (χ0) is 43.9. The largest absolute Gasteiger partial charge is 0.369 e. The average Bonchev–Trinajstić information content (AvgIpc) is 3.29. The molecule has 63 heavy (non-hydrogen) atoms. The van der Waals surface area contributed by atoms with Crippen LogP contribution in [-0.4, -0.2) is 101 Å². The van der Waals surface area contributed by atoms with E-state index in [9.17, 15) is 28.4 Å². The minimum atomic E-state index is -0.674. The van der Waals surface area contributed by atoms with Crippen LogP contribution in [0.2, 0.25) is 5.02 Å². The number of nitrogens with zero attached hydrogens (tertiary/aromatic N) is 5. The predicted octanol–water partition coefficient (Wildman–Crippen LogP) is 6.07. The molecule has 0 saturated carbocycles. The quantitative estimate of drug-likeness (QED) is 0.0919. The smallest absolute Gasteiger partial charge is 0.255 e. The maximum absolute atomic E-state index is 14.7. The summed E-state index contributed by atoms with van der Waals surface area (Å²) in [5.74, 6) is -1.86. The Morgan fingerprint density at radius 3 is 2.08 bits per heavy atom. The van der Waals surface area contributed by atoms with Crippen molar-refractivity contribution in [3.63, 3.8) is 0 Å². The van der Waals surface area contributed by atoms with Crippen molar-refractivity contribution in [2.24, 2.45) is 0 Å². The van der Waals surface area contributed by atoms with Gasteiger partial charge in [-0.2, -0.15) is 4.98 Å². The summed E-state index contributed by atoms with van der Waals surface area (Å²) < 4.78 is 14.7. The molecule has 0 aliphatic carbocycles. The molecule has 1 unspecified atom stereocenters. The standard InChI is InChI=1S/C46H46ClFN10O5/c47-37-3-1-2-4-39(37)53-44(62)31-5-11-32(12-6-31)50-42-38(48)27-49-46(55-42)52-33-13-7-30(8-14-33)43(61)51-34-19-21-58(22-20-34)41(60)28-56-23-25-57(26-24-56)35-15-9-29(10-16-35)36-17-18-40(59)54-45(36)63/h1-16,27,34,36H,17-26,28H2,(H,51,61)(H,53,62)(H,54,59,63)(H2,49,50,52,55). The van der Waals surface area contributed by atoms with Crippen LogP contribution in [0.4, 0.5) is 38.9 Å². The third-order valence-corrected chi connectivity index (χ3v) is 11.8. The van der Waals surface area contributed by atoms with Crippen molar-refractivity contribution in [1.29, 1.82) is 0 Å². The van der Waals surface area contributed by atoms with Gasteiger partial charge in [0.05, 0.1) is 29.4 Å². The number of benzene rings is 4. The molecule has 3 saturated heterocycles. The van der Waals surface area contributed by atoms with E-state index in [1.807, 2.05) is 29.2 Å². The average molecular weight is 873 g/mol. The molecule has 324 valence electrons. The lowest BCUT2D eigenvalue weighted by molar-refractivity contribution is -0.135. The molecule has 17 heteroatoms. The highest BCUT2D eigenvalue weighted by Crippen LogP contribution is 2.28. The number of nitrogens with one attached hydrogen (secondary N) is 5. The highest BCUT2D eigenvalue weighted by atomic mass is 35.5. The second-order valence-corrected chi connectivity index (χ2v) is 16.1. The summed E-state index contributed by atoms with van der Waals surface area (Å²) in [5.41, 5.74) is 4.41. The third kappa shape index (κ3) is 10.8. The van der Waals surface area contributed by atoms with Crippen LogP contribution < -0.4 is 31.5 Å². The van der Waals surface area contributed by atoms with Crippen LogP contribution in [0.5, 0.6) is 0 Å². The summed E-state index contributed by atoms with van der Waals surface area (Å²) in [7, 11) is 0. The van der Waals surface area contributed by atoms with Crippen molar-refractivity contribution < 1.29 is 28.4 Å². The highest BCUT2D eigenvalue weighted by molar-refractivity contribution is 6.33. The van der Waals surface area contributed by atoms with Crippen molar-refractivity contribution in [2.75, 3.05) is 66.7 Å². The van der Waals surface area contributed by atoms with E-state index in [1.54, 1.807) is 72.8 Å². The molecule has 5 amide bonds. The predicted molar refractivity (Wildman–Crippen MR) is 238 cm³/mol. The molecule has 3 aliphatic heterocycles. The number of aromatic nitrogens is 2. The van der Waals surface area contributed by atoms with Gasteiger partial charge in [-0.25, -0.2) is 9.37 Å². The van der Waals surface area contributed by atoms with Crippen molar-refractivity contribution in [2.45, 2.75) is 37.6 Å². The van der Waals surface area contributed by atoms with E-state index >= 15 is 0 Å². The van der Waals surface area contributed by atoms with E-state index in [0.29, 0.717) is 78.5 Å². The van der Waals surface area contributed by atoms with Crippen LogP contribution in [0.1, 0.15) is 57.9 Å². The Morgan fingerprint density at radius 1 is 0.762 bits per heavy atom. The van der Waals surface area contributed by atoms with Crippen molar-refractivity contribution in [3.8, 4) is 0 Å². The lowest BCUT2D eigenvalue weighted by Crippen LogP contribution is -2.52. The fourth-order valence-corrected chi connectivity index (χ4v) is 8.06. The first-order valence-corrected chi connectivity index (χ1v) is 21.2. The molecule has 4 heterocycles. The van der Waals surface area contributed by atoms with Gasteiger partial charge in [-0.15, -0.1) is 0 Å². The number of anilines is 6. The number of carbonyl (C=O) groups excluding carboxylic acids is 5. The summed E-state index contributed by atoms with van der Waals surface area (Å²) in [6.45, 7) is 4.54. The highest BCUT2D eigenvalue weighted by Gasteiger charge is 2.29. The molecule has 5 N–H and O–H groups in total. The molecule has 0 spiro atoms. The Hall–Kier alpha value is -6.91. The number of halogens is 2. The number of piperidine rings is 2. The number of carbonyl (C=O) groups is 5. The van der Waals surface area contributed by atoms with Gasteiger partial charge >= 0.3 is 0 Å². The van der Waals surface area contributed by atoms with E-state index in [2.05, 4.69) is 46.4 Å². The van der Waals surface area contributed by atoms with E-state index in [4.69, 9.17) is 11.6 Å². The molecule has 1 aromatic heterocycles. The van der Waals surface area contributed by atoms with Crippen LogP contribution in [0.15, 0.2) is 103 Å². The summed E-state index contributed by atoms with van der Waals surface area (Å²) in [6, 6.07) is 28.1. The second kappa shape index (κ2) is 19.4. The van der Waals surface area contributed by atoms with E-state index in [-0.39, 0.29) is 53.3 Å². The molecule has 4 aromatic carbocycles. The molecule has 8 rings (SSSR count). The van der Waals surface area contributed by atoms with Crippen molar-refractivity contribution in [3.05, 3.63) is 131 Å². The molecule has 0 bridgehead atoms. The van der Waals surface area contributed by atoms with Gasteiger partial charge in [-0.05, 0) is 97.6 Å². The molecule has 3 aliphatic rings. The van der Waals surface area contributed by atoms with Crippen LogP contribution in [0, 0.1) is 5.82 Å². The molecule has 1 atom stereocenters. The van der Waals surface area contributed by atoms with E-state index < -0.39 is 5.82 Å². The normalized spacial score (nSPS) is 17.1. The first kappa shape index (κ1) is 42.8. The molecule has 5 aromatic rings. The van der Waals surface area contributed by atoms with Gasteiger partial charge in [-0.3, -0.25) is 34.2 Å². The van der Waals surface area contributed by atoms with Crippen LogP contribution >= 0.6 is 11.6 Å². The first-order valence-electron chi connectivity index (χ1n) is 20.9. The lowest BCUT2D eigenvalue weighted by atomic mass is 9.90. The van der Waals surface area contributed by atoms with Gasteiger partial charge in [0.1, 0.15) is 0 Å². The Bertz CT molecular complexity index is 2480. The molecule has 3 fully saturated rings. The van der Waals surface area contributed by atoms with Gasteiger partial charge in [0, 0.05) is 79.9 Å². The van der Waals surface area contributed by atoms with E-state index in [1.165, 1.54) is 0 Å². The molecular weight excluding hydrogens is 827 g/mol. The van der Waals surface area contributed by atoms with Gasteiger partial charge < -0.3 is 31.1 Å². The number of likely N-dealkylation sites (tertiary alicyclic amines) is 1. The fraction of sp³-hybridized carbons (Fsp3) is 0.283. The Kier molecular flexibility index (Phi) is 13.2. The van der Waals surface area contributed by atoms with Crippen LogP contribution in [-0.2, 0) is 14.4 Å². The minimum Gasteiger partial charge on any atom is -0.369 e. The number of rotatable bonds is 12. The maximum atomic E-state index is 14.7. The van der Waals surface area contributed by atoms with Gasteiger partial charge in [0.15, 0.2) is 11.6 Å². The van der Waals surface area contributed by atoms with Gasteiger partial charge in [0.25, 0.3) is 11.8 Å². The zero-order valence-electron chi connectivity index (χ0n) is 34.3. The maximum Gasteiger partial charge on any atom is 0.255 e. The zero-order valence-corrected chi connectivity index (χ0v) is 35.0. The topological polar surface area (TPSA) is 181 Å². The third-order valence-electron chi connectivity index (χ3n) is 11.5. The minimum absolute atomic E-state index is 0.0652. The lowest BCUT2D eigenvalue weighted by Gasteiger charge is -2.38. The number of amides is 5. The summed E-state index contributed by atoms with van der Waals surface area (Å²) in [5, 5.41) is 14.7. The van der Waals surface area contributed by atoms with E-state index in [0.717, 1.165) is 43.6 Å². The number of hydrogen-bond acceptors (Lipinski definition) is 11. The fourth-order valence-electron chi connectivity index (χ4n) is 7.87. The SMILES string of the molecule is O=C1CCC(c2ccc(N3CCN(CC(=O)N4CCC(NC(=O)c5ccc(Nc6ncc(F)c(Nc7ccc(C(=O)Nc8ccccc8Cl)cc7)n6)cc5)CC4)CC3)cc2)C(=O)N1. The van der Waals surface area contributed by atoms with Crippen molar-refractivity contribution >= 4 is 75.7 Å². The summed E-state index contributed by atoms with van der Waals surface area (Å²) in [6.07, 6.45) is 3.22. The molecular formula is C46H46ClFN10O5. The van der Waals surface area contributed by atoms with Crippen molar-refractivity contribution in [1.82, 2.24) is 30.4 Å². The first-order chi connectivity index (χ1) is 30.5. The Morgan fingerprint density at radius 2 is 1.41 bits per heavy atom. The summed E-state index contributed by atoms with van der Waals surface area (Å²) in [4.78, 5) is 77.5. The molecule has 15 nitrogen and oxygen atoms in total. The number of hydrogen-bond donors (Lipinski definition) is 5. The Balaban J connectivity index is 0.751. The van der Waals surface area contributed by atoms with Crippen LogP contribution in [0.25, 0.3) is 0 Å². The van der Waals surface area contributed by atoms with Gasteiger partial charge in [0.2, 0.25) is 23.7 Å². The van der Waals surface area contributed by atoms with Crippen LogP contribution in [0.3, 0.4) is 0 Å². The second-order valence-electron chi connectivity index (χ2n) is 15.7. The number of piperazine rings is 1.